The summed E-state index contributed by atoms with van der Waals surface area (Å²) in [6.45, 7) is 0. The molecule has 5 heteroatoms. The first-order valence-electron chi connectivity index (χ1n) is 1.96. The van der Waals surface area contributed by atoms with Crippen LogP contribution in [0.5, 0.6) is 6.01 Å². The molecule has 8 heavy (non-hydrogen) atoms. The predicted molar refractivity (Wildman–Crippen MR) is 25.3 cm³/mol. The average Bonchev–Trinajstić information content (AvgIpc) is 2.14. The highest BCUT2D eigenvalue weighted by atomic mass is 16.5. The zero-order chi connectivity index (χ0) is 5.98. The molecule has 0 aliphatic carbocycles. The number of nitrogens with two attached hydrogens (primary N) is 1. The number of anilines is 1. The lowest BCUT2D eigenvalue weighted by Gasteiger charge is -1.81. The van der Waals surface area contributed by atoms with Gasteiger partial charge in [0.15, 0.2) is 0 Å². The van der Waals surface area contributed by atoms with E-state index in [1.807, 2.05) is 0 Å². The molecule has 0 aliphatic heterocycles. The van der Waals surface area contributed by atoms with Crippen LogP contribution in [0.15, 0.2) is 4.52 Å². The number of rotatable bonds is 1. The maximum Gasteiger partial charge on any atom is 0.355 e. The Kier molecular flexibility index (Phi) is 1.03. The van der Waals surface area contributed by atoms with Crippen LogP contribution in [0.3, 0.4) is 0 Å². The molecular weight excluding hydrogens is 110 g/mol. The standard InChI is InChI=1S/C3H5N3O2/c1-7-3-5-2(4)8-6-3/h1H3,(H2,4,5,6). The number of hydrogen-bond acceptors (Lipinski definition) is 5. The van der Waals surface area contributed by atoms with Crippen molar-refractivity contribution in [1.82, 2.24) is 10.1 Å². The third-order valence-corrected chi connectivity index (χ3v) is 0.606. The molecule has 1 aromatic rings. The molecule has 1 rings (SSSR count). The van der Waals surface area contributed by atoms with Gasteiger partial charge in [-0.25, -0.2) is 0 Å². The number of nitrogen functional groups attached to an aromatic ring is 1. The van der Waals surface area contributed by atoms with Crippen LogP contribution in [0, 0.1) is 0 Å². The molecule has 2 N–H and O–H groups in total. The zero-order valence-corrected chi connectivity index (χ0v) is 4.29. The van der Waals surface area contributed by atoms with E-state index in [0.29, 0.717) is 0 Å². The van der Waals surface area contributed by atoms with Crippen molar-refractivity contribution in [2.75, 3.05) is 12.8 Å². The summed E-state index contributed by atoms with van der Waals surface area (Å²) in [6, 6.07) is 0.171. The maximum atomic E-state index is 5.03. The molecule has 0 spiro atoms. The fraction of sp³-hybridized carbons (Fsp3) is 0.333. The summed E-state index contributed by atoms with van der Waals surface area (Å²) in [4.78, 5) is 3.51. The molecule has 0 saturated heterocycles. The Bertz CT molecular complexity index is 173. The Morgan fingerprint density at radius 3 is 2.75 bits per heavy atom. The Morgan fingerprint density at radius 2 is 2.50 bits per heavy atom. The van der Waals surface area contributed by atoms with E-state index in [-0.39, 0.29) is 12.0 Å². The lowest BCUT2D eigenvalue weighted by atomic mass is 11.1. The van der Waals surface area contributed by atoms with E-state index in [4.69, 9.17) is 5.73 Å². The second-order valence-electron chi connectivity index (χ2n) is 1.12. The van der Waals surface area contributed by atoms with Crippen LogP contribution in [-0.4, -0.2) is 17.3 Å². The van der Waals surface area contributed by atoms with Gasteiger partial charge in [0.1, 0.15) is 0 Å². The monoisotopic (exact) mass is 115 g/mol. The molecular formula is C3H5N3O2. The Balaban J connectivity index is 2.84. The van der Waals surface area contributed by atoms with Crippen molar-refractivity contribution >= 4 is 6.01 Å². The first kappa shape index (κ1) is 4.89. The van der Waals surface area contributed by atoms with Crippen molar-refractivity contribution in [2.45, 2.75) is 0 Å². The predicted octanol–water partition coefficient (Wildman–Crippen LogP) is -0.340. The quantitative estimate of drug-likeness (QED) is 0.542. The average molecular weight is 115 g/mol. The Hall–Kier alpha value is -1.26. The summed E-state index contributed by atoms with van der Waals surface area (Å²) < 4.78 is 8.89. The number of nitrogens with zero attached hydrogens (tertiary/aromatic N) is 2. The molecule has 0 amide bonds. The van der Waals surface area contributed by atoms with Crippen molar-refractivity contribution in [1.29, 1.82) is 0 Å². The number of ether oxygens (including phenoxy) is 1. The van der Waals surface area contributed by atoms with Crippen molar-refractivity contribution < 1.29 is 9.26 Å². The van der Waals surface area contributed by atoms with Gasteiger partial charge in [-0.2, -0.15) is 0 Å². The first-order chi connectivity index (χ1) is 3.83. The Labute approximate surface area is 45.4 Å². The van der Waals surface area contributed by atoms with Gasteiger partial charge in [-0.05, 0) is 5.16 Å². The number of methoxy groups -OCH3 is 1. The molecule has 0 unspecified atom stereocenters. The molecule has 44 valence electrons. The van der Waals surface area contributed by atoms with Crippen molar-refractivity contribution in [2.24, 2.45) is 0 Å². The van der Waals surface area contributed by atoms with E-state index in [9.17, 15) is 0 Å². The van der Waals surface area contributed by atoms with Gasteiger partial charge in [-0.15, -0.1) is 4.98 Å². The molecule has 0 saturated carbocycles. The lowest BCUT2D eigenvalue weighted by Crippen LogP contribution is -1.85. The normalized spacial score (nSPS) is 9.12. The van der Waals surface area contributed by atoms with E-state index in [2.05, 4.69) is 19.4 Å². The summed E-state index contributed by atoms with van der Waals surface area (Å²) in [7, 11) is 1.43. The van der Waals surface area contributed by atoms with E-state index in [1.165, 1.54) is 7.11 Å². The third-order valence-electron chi connectivity index (χ3n) is 0.606. The number of aromatic nitrogens is 2. The minimum Gasteiger partial charge on any atom is -0.465 e. The van der Waals surface area contributed by atoms with Crippen molar-refractivity contribution in [3.63, 3.8) is 0 Å². The van der Waals surface area contributed by atoms with Crippen LogP contribution < -0.4 is 10.5 Å². The van der Waals surface area contributed by atoms with Gasteiger partial charge in [-0.1, -0.05) is 0 Å². The molecule has 1 aromatic heterocycles. The van der Waals surface area contributed by atoms with Gasteiger partial charge < -0.3 is 15.0 Å². The molecule has 5 nitrogen and oxygen atoms in total. The largest absolute Gasteiger partial charge is 0.465 e. The summed E-state index contributed by atoms with van der Waals surface area (Å²) >= 11 is 0. The highest BCUT2D eigenvalue weighted by molar-refractivity contribution is 5.09. The summed E-state index contributed by atoms with van der Waals surface area (Å²) in [5, 5.41) is 3.30. The van der Waals surface area contributed by atoms with Crippen molar-refractivity contribution in [3.05, 3.63) is 0 Å². The van der Waals surface area contributed by atoms with Gasteiger partial charge in [0.2, 0.25) is 0 Å². The molecule has 0 radical (unpaired) electrons. The maximum absolute atomic E-state index is 5.03. The van der Waals surface area contributed by atoms with Crippen LogP contribution in [0.2, 0.25) is 0 Å². The second kappa shape index (κ2) is 1.69. The van der Waals surface area contributed by atoms with Crippen LogP contribution in [0.1, 0.15) is 0 Å². The topological polar surface area (TPSA) is 74.2 Å². The van der Waals surface area contributed by atoms with E-state index < -0.39 is 0 Å². The van der Waals surface area contributed by atoms with Crippen LogP contribution in [0.4, 0.5) is 6.01 Å². The second-order valence-corrected chi connectivity index (χ2v) is 1.12. The van der Waals surface area contributed by atoms with Gasteiger partial charge in [0, 0.05) is 0 Å². The molecule has 0 fully saturated rings. The minimum absolute atomic E-state index is 0.0156. The summed E-state index contributed by atoms with van der Waals surface area (Å²) in [5.74, 6) is 0. The molecule has 0 aromatic carbocycles. The highest BCUT2D eigenvalue weighted by Gasteiger charge is 1.97. The van der Waals surface area contributed by atoms with Gasteiger partial charge >= 0.3 is 12.0 Å². The van der Waals surface area contributed by atoms with Crippen molar-refractivity contribution in [3.8, 4) is 6.01 Å². The minimum atomic E-state index is 0.0156. The zero-order valence-electron chi connectivity index (χ0n) is 4.29. The fourth-order valence-corrected chi connectivity index (χ4v) is 0.304. The van der Waals surface area contributed by atoms with Crippen LogP contribution >= 0.6 is 0 Å². The van der Waals surface area contributed by atoms with Gasteiger partial charge in [0.25, 0.3) is 0 Å². The van der Waals surface area contributed by atoms with Gasteiger partial charge in [-0.3, -0.25) is 0 Å². The summed E-state index contributed by atoms with van der Waals surface area (Å²) in [6.07, 6.45) is 0. The summed E-state index contributed by atoms with van der Waals surface area (Å²) in [5.41, 5.74) is 5.03. The molecule has 0 atom stereocenters. The highest BCUT2D eigenvalue weighted by Crippen LogP contribution is 2.02. The fourth-order valence-electron chi connectivity index (χ4n) is 0.304. The third kappa shape index (κ3) is 0.699. The van der Waals surface area contributed by atoms with E-state index in [0.717, 1.165) is 0 Å². The van der Waals surface area contributed by atoms with Crippen LogP contribution in [-0.2, 0) is 0 Å². The molecule has 0 aliphatic rings. The van der Waals surface area contributed by atoms with E-state index in [1.54, 1.807) is 0 Å². The SMILES string of the molecule is COc1noc(N)n1. The molecule has 0 bridgehead atoms. The molecule has 1 heterocycles. The van der Waals surface area contributed by atoms with Gasteiger partial charge in [0.05, 0.1) is 7.11 Å². The van der Waals surface area contributed by atoms with E-state index >= 15 is 0 Å². The first-order valence-corrected chi connectivity index (χ1v) is 1.96. The number of hydrogen-bond donors (Lipinski definition) is 1. The Morgan fingerprint density at radius 1 is 1.75 bits per heavy atom. The lowest BCUT2D eigenvalue weighted by molar-refractivity contribution is 0.339. The van der Waals surface area contributed by atoms with Crippen LogP contribution in [0.25, 0.3) is 0 Å². The smallest absolute Gasteiger partial charge is 0.355 e.